The van der Waals surface area contributed by atoms with Crippen LogP contribution >= 0.6 is 0 Å². The first-order chi connectivity index (χ1) is 15.3. The highest BCUT2D eigenvalue weighted by atomic mass is 16.5. The van der Waals surface area contributed by atoms with E-state index >= 15 is 0 Å². The number of para-hydroxylation sites is 2. The van der Waals surface area contributed by atoms with E-state index in [1.807, 2.05) is 26.0 Å². The molecule has 0 spiro atoms. The van der Waals surface area contributed by atoms with E-state index in [-0.39, 0.29) is 0 Å². The summed E-state index contributed by atoms with van der Waals surface area (Å²) in [6.07, 6.45) is 0.923. The van der Waals surface area contributed by atoms with Gasteiger partial charge in [0.1, 0.15) is 11.5 Å². The van der Waals surface area contributed by atoms with E-state index in [2.05, 4.69) is 72.8 Å². The topological polar surface area (TPSA) is 18.5 Å². The van der Waals surface area contributed by atoms with E-state index in [4.69, 9.17) is 9.47 Å². The summed E-state index contributed by atoms with van der Waals surface area (Å²) in [4.78, 5) is 0. The second-order valence-electron chi connectivity index (χ2n) is 7.71. The lowest BCUT2D eigenvalue weighted by Gasteiger charge is -2.20. The Labute approximate surface area is 184 Å². The van der Waals surface area contributed by atoms with Gasteiger partial charge in [-0.2, -0.15) is 0 Å². The standard InChI is InChI=1S/C29H26O2/c1-3-30-27-15-9-7-13-23(27)24-18-17-22-21-12-6-5-11-20(21)19-26(22)29(24)25-14-8-10-16-28(25)31-4-2/h5-18H,3-4,19H2,1-2H3. The van der Waals surface area contributed by atoms with Gasteiger partial charge in [-0.1, -0.05) is 72.8 Å². The Kier molecular flexibility index (Phi) is 5.21. The third kappa shape index (κ3) is 3.38. The van der Waals surface area contributed by atoms with E-state index in [0.717, 1.165) is 29.0 Å². The molecular formula is C29H26O2. The number of hydrogen-bond acceptors (Lipinski definition) is 2. The molecule has 0 fully saturated rings. The molecule has 0 aromatic heterocycles. The molecule has 0 heterocycles. The Balaban J connectivity index is 1.81. The summed E-state index contributed by atoms with van der Waals surface area (Å²) in [6, 6.07) is 29.9. The minimum Gasteiger partial charge on any atom is -0.493 e. The average molecular weight is 407 g/mol. The number of hydrogen-bond donors (Lipinski definition) is 0. The molecule has 0 amide bonds. The van der Waals surface area contributed by atoms with Crippen LogP contribution in [0.15, 0.2) is 84.9 Å². The van der Waals surface area contributed by atoms with Crippen molar-refractivity contribution in [1.29, 1.82) is 0 Å². The molecule has 0 unspecified atom stereocenters. The smallest absolute Gasteiger partial charge is 0.127 e. The van der Waals surface area contributed by atoms with Gasteiger partial charge < -0.3 is 9.47 Å². The van der Waals surface area contributed by atoms with Crippen LogP contribution < -0.4 is 9.47 Å². The van der Waals surface area contributed by atoms with Crippen LogP contribution in [0.25, 0.3) is 33.4 Å². The molecule has 4 aromatic carbocycles. The first kappa shape index (κ1) is 19.4. The molecule has 0 saturated carbocycles. The summed E-state index contributed by atoms with van der Waals surface area (Å²) < 4.78 is 12.1. The van der Waals surface area contributed by atoms with Crippen LogP contribution in [0, 0.1) is 0 Å². The fourth-order valence-corrected chi connectivity index (χ4v) is 4.67. The van der Waals surface area contributed by atoms with Crippen molar-refractivity contribution in [3.63, 3.8) is 0 Å². The lowest BCUT2D eigenvalue weighted by atomic mass is 9.87. The maximum absolute atomic E-state index is 6.07. The molecule has 0 bridgehead atoms. The first-order valence-corrected chi connectivity index (χ1v) is 11.0. The van der Waals surface area contributed by atoms with Gasteiger partial charge in [0.05, 0.1) is 13.2 Å². The van der Waals surface area contributed by atoms with Gasteiger partial charge in [0.15, 0.2) is 0 Å². The molecule has 0 saturated heterocycles. The molecule has 0 aliphatic heterocycles. The van der Waals surface area contributed by atoms with E-state index in [0.29, 0.717) is 13.2 Å². The van der Waals surface area contributed by atoms with Crippen molar-refractivity contribution in [2.75, 3.05) is 13.2 Å². The Morgan fingerprint density at radius 1 is 0.548 bits per heavy atom. The number of ether oxygens (including phenoxy) is 2. The Morgan fingerprint density at radius 2 is 1.10 bits per heavy atom. The second-order valence-corrected chi connectivity index (χ2v) is 7.71. The van der Waals surface area contributed by atoms with Crippen LogP contribution in [-0.4, -0.2) is 13.2 Å². The molecule has 31 heavy (non-hydrogen) atoms. The van der Waals surface area contributed by atoms with Crippen molar-refractivity contribution in [2.45, 2.75) is 20.3 Å². The molecule has 154 valence electrons. The van der Waals surface area contributed by atoms with Crippen LogP contribution in [-0.2, 0) is 6.42 Å². The molecule has 1 aliphatic carbocycles. The molecule has 4 aromatic rings. The van der Waals surface area contributed by atoms with E-state index in [1.54, 1.807) is 0 Å². The van der Waals surface area contributed by atoms with Gasteiger partial charge in [0.25, 0.3) is 0 Å². The largest absolute Gasteiger partial charge is 0.493 e. The number of fused-ring (bicyclic) bond motifs is 3. The van der Waals surface area contributed by atoms with Gasteiger partial charge in [0, 0.05) is 11.1 Å². The monoisotopic (exact) mass is 406 g/mol. The fraction of sp³-hybridized carbons (Fsp3) is 0.172. The van der Waals surface area contributed by atoms with Gasteiger partial charge in [-0.3, -0.25) is 0 Å². The summed E-state index contributed by atoms with van der Waals surface area (Å²) in [7, 11) is 0. The summed E-state index contributed by atoms with van der Waals surface area (Å²) in [5.74, 6) is 1.83. The minimum absolute atomic E-state index is 0.636. The zero-order valence-corrected chi connectivity index (χ0v) is 18.0. The van der Waals surface area contributed by atoms with Crippen molar-refractivity contribution in [2.24, 2.45) is 0 Å². The zero-order valence-electron chi connectivity index (χ0n) is 18.0. The summed E-state index contributed by atoms with van der Waals surface area (Å²) in [5, 5.41) is 0. The quantitative estimate of drug-likeness (QED) is 0.293. The highest BCUT2D eigenvalue weighted by Crippen LogP contribution is 2.49. The molecule has 5 rings (SSSR count). The summed E-state index contributed by atoms with van der Waals surface area (Å²) >= 11 is 0. The molecule has 1 aliphatic rings. The predicted octanol–water partition coefficient (Wildman–Crippen LogP) is 7.39. The van der Waals surface area contributed by atoms with Crippen molar-refractivity contribution in [3.8, 4) is 44.9 Å². The van der Waals surface area contributed by atoms with E-state index in [1.165, 1.54) is 33.4 Å². The van der Waals surface area contributed by atoms with Gasteiger partial charge in [0.2, 0.25) is 0 Å². The third-order valence-electron chi connectivity index (χ3n) is 5.92. The Morgan fingerprint density at radius 3 is 1.81 bits per heavy atom. The lowest BCUT2D eigenvalue weighted by Crippen LogP contribution is -1.99. The highest BCUT2D eigenvalue weighted by molar-refractivity contribution is 5.96. The van der Waals surface area contributed by atoms with Gasteiger partial charge >= 0.3 is 0 Å². The highest BCUT2D eigenvalue weighted by Gasteiger charge is 2.26. The summed E-state index contributed by atoms with van der Waals surface area (Å²) in [5.41, 5.74) is 10.1. The maximum Gasteiger partial charge on any atom is 0.127 e. The van der Waals surface area contributed by atoms with Gasteiger partial charge in [-0.25, -0.2) is 0 Å². The van der Waals surface area contributed by atoms with Crippen molar-refractivity contribution in [3.05, 3.63) is 96.1 Å². The molecule has 0 atom stereocenters. The molecule has 0 N–H and O–H groups in total. The molecule has 2 nitrogen and oxygen atoms in total. The maximum atomic E-state index is 6.07. The predicted molar refractivity (Wildman–Crippen MR) is 128 cm³/mol. The van der Waals surface area contributed by atoms with Gasteiger partial charge in [-0.05, 0) is 65.8 Å². The van der Waals surface area contributed by atoms with E-state index < -0.39 is 0 Å². The molecular weight excluding hydrogens is 380 g/mol. The minimum atomic E-state index is 0.636. The molecule has 2 heteroatoms. The zero-order chi connectivity index (χ0) is 21.2. The van der Waals surface area contributed by atoms with Gasteiger partial charge in [-0.15, -0.1) is 0 Å². The van der Waals surface area contributed by atoms with E-state index in [9.17, 15) is 0 Å². The Bertz CT molecular complexity index is 1240. The fourth-order valence-electron chi connectivity index (χ4n) is 4.67. The number of benzene rings is 4. The van der Waals surface area contributed by atoms with Crippen molar-refractivity contribution in [1.82, 2.24) is 0 Å². The Hall–Kier alpha value is -3.52. The first-order valence-electron chi connectivity index (χ1n) is 11.0. The van der Waals surface area contributed by atoms with Crippen LogP contribution in [0.3, 0.4) is 0 Å². The van der Waals surface area contributed by atoms with Crippen LogP contribution in [0.4, 0.5) is 0 Å². The lowest BCUT2D eigenvalue weighted by molar-refractivity contribution is 0.341. The van der Waals surface area contributed by atoms with Crippen LogP contribution in [0.1, 0.15) is 25.0 Å². The van der Waals surface area contributed by atoms with Crippen molar-refractivity contribution >= 4 is 0 Å². The second kappa shape index (κ2) is 8.31. The van der Waals surface area contributed by atoms with Crippen molar-refractivity contribution < 1.29 is 9.47 Å². The third-order valence-corrected chi connectivity index (χ3v) is 5.92. The van der Waals surface area contributed by atoms with Crippen LogP contribution in [0.5, 0.6) is 11.5 Å². The molecule has 0 radical (unpaired) electrons. The average Bonchev–Trinajstić information content (AvgIpc) is 3.19. The summed E-state index contributed by atoms with van der Waals surface area (Å²) in [6.45, 7) is 5.34. The SMILES string of the molecule is CCOc1ccccc1-c1ccc2c(c1-c1ccccc1OCC)Cc1ccccc1-2. The number of rotatable bonds is 6. The van der Waals surface area contributed by atoms with Crippen LogP contribution in [0.2, 0.25) is 0 Å². The normalized spacial score (nSPS) is 11.7.